The molecular formula is C21H19FN2O3. The fourth-order valence-electron chi connectivity index (χ4n) is 3.00. The Hall–Kier alpha value is -3.28. The van der Waals surface area contributed by atoms with Crippen LogP contribution in [0.1, 0.15) is 40.7 Å². The number of hydrogen-bond acceptors (Lipinski definition) is 3. The minimum atomic E-state index is -0.476. The second kappa shape index (κ2) is 7.53. The van der Waals surface area contributed by atoms with Crippen molar-refractivity contribution in [2.45, 2.75) is 26.2 Å². The van der Waals surface area contributed by atoms with Crippen LogP contribution < -0.4 is 10.6 Å². The smallest absolute Gasteiger partial charge is 0.253 e. The second-order valence-corrected chi connectivity index (χ2v) is 6.52. The van der Waals surface area contributed by atoms with Crippen molar-refractivity contribution in [2.75, 3.05) is 5.32 Å². The van der Waals surface area contributed by atoms with Crippen molar-refractivity contribution < 1.29 is 18.8 Å². The Labute approximate surface area is 156 Å². The minimum absolute atomic E-state index is 0.0946. The summed E-state index contributed by atoms with van der Waals surface area (Å²) in [5.41, 5.74) is 2.89. The molecule has 0 saturated carbocycles. The molecule has 3 rings (SSSR count). The first-order valence-corrected chi connectivity index (χ1v) is 8.53. The highest BCUT2D eigenvalue weighted by atomic mass is 19.1. The van der Waals surface area contributed by atoms with E-state index < -0.39 is 5.92 Å². The lowest BCUT2D eigenvalue weighted by Gasteiger charge is -2.24. The number of nitrogens with one attached hydrogen (secondary N) is 2. The van der Waals surface area contributed by atoms with E-state index >= 15 is 0 Å². The van der Waals surface area contributed by atoms with Gasteiger partial charge >= 0.3 is 0 Å². The van der Waals surface area contributed by atoms with Crippen molar-refractivity contribution in [2.24, 2.45) is 0 Å². The summed E-state index contributed by atoms with van der Waals surface area (Å²) in [7, 11) is 0. The number of amides is 2. The number of Topliss-reactive ketones (excluding diaryl/α,β-unsaturated/α-hetero) is 1. The van der Waals surface area contributed by atoms with Crippen LogP contribution in [0.3, 0.4) is 0 Å². The summed E-state index contributed by atoms with van der Waals surface area (Å²) in [6.07, 6.45) is 1.48. The van der Waals surface area contributed by atoms with Gasteiger partial charge in [-0.05, 0) is 43.2 Å². The largest absolute Gasteiger partial charge is 0.332 e. The number of benzene rings is 2. The van der Waals surface area contributed by atoms with E-state index in [-0.39, 0.29) is 29.8 Å². The van der Waals surface area contributed by atoms with Gasteiger partial charge in [0.2, 0.25) is 5.91 Å². The van der Waals surface area contributed by atoms with Gasteiger partial charge in [-0.3, -0.25) is 14.4 Å². The number of halogens is 1. The topological polar surface area (TPSA) is 75.3 Å². The molecule has 6 heteroatoms. The Morgan fingerprint density at radius 3 is 2.52 bits per heavy atom. The molecule has 2 aromatic rings. The molecular weight excluding hydrogens is 347 g/mol. The average Bonchev–Trinajstić information content (AvgIpc) is 2.63. The summed E-state index contributed by atoms with van der Waals surface area (Å²) in [6.45, 7) is 3.29. The monoisotopic (exact) mass is 366 g/mol. The van der Waals surface area contributed by atoms with Gasteiger partial charge in [0.25, 0.3) is 5.91 Å². The van der Waals surface area contributed by atoms with Gasteiger partial charge in [-0.15, -0.1) is 0 Å². The molecule has 138 valence electrons. The SMILES string of the molecule is CC(=O)c1ccc(C)c(NC(=O)C2=CNC(=O)CC2c2ccc(F)cc2)c1. The zero-order valence-electron chi connectivity index (χ0n) is 15.0. The fourth-order valence-corrected chi connectivity index (χ4v) is 3.00. The van der Waals surface area contributed by atoms with Crippen molar-refractivity contribution in [3.8, 4) is 0 Å². The third-order valence-corrected chi connectivity index (χ3v) is 4.58. The minimum Gasteiger partial charge on any atom is -0.332 e. The summed E-state index contributed by atoms with van der Waals surface area (Å²) >= 11 is 0. The molecule has 0 aliphatic carbocycles. The quantitative estimate of drug-likeness (QED) is 0.814. The summed E-state index contributed by atoms with van der Waals surface area (Å²) in [5, 5.41) is 5.38. The Bertz CT molecular complexity index is 948. The molecule has 1 heterocycles. The van der Waals surface area contributed by atoms with Crippen molar-refractivity contribution in [3.05, 3.63) is 76.7 Å². The van der Waals surface area contributed by atoms with Crippen LogP contribution in [-0.4, -0.2) is 17.6 Å². The molecule has 0 fully saturated rings. The number of anilines is 1. The van der Waals surface area contributed by atoms with Crippen LogP contribution >= 0.6 is 0 Å². The van der Waals surface area contributed by atoms with Crippen LogP contribution in [0, 0.1) is 12.7 Å². The number of rotatable bonds is 4. The van der Waals surface area contributed by atoms with E-state index in [0.29, 0.717) is 22.4 Å². The van der Waals surface area contributed by atoms with Crippen LogP contribution in [0.5, 0.6) is 0 Å². The third kappa shape index (κ3) is 4.11. The van der Waals surface area contributed by atoms with Crippen molar-refractivity contribution in [1.82, 2.24) is 5.32 Å². The van der Waals surface area contributed by atoms with E-state index in [1.165, 1.54) is 25.3 Å². The van der Waals surface area contributed by atoms with Gasteiger partial charge in [-0.1, -0.05) is 24.3 Å². The van der Waals surface area contributed by atoms with Gasteiger partial charge in [0.05, 0.1) is 0 Å². The molecule has 5 nitrogen and oxygen atoms in total. The molecule has 1 unspecified atom stereocenters. The average molecular weight is 366 g/mol. The summed E-state index contributed by atoms with van der Waals surface area (Å²) in [4.78, 5) is 36.3. The molecule has 2 aromatic carbocycles. The highest BCUT2D eigenvalue weighted by Crippen LogP contribution is 2.31. The predicted molar refractivity (Wildman–Crippen MR) is 99.8 cm³/mol. The molecule has 0 bridgehead atoms. The Morgan fingerprint density at radius 2 is 1.85 bits per heavy atom. The summed E-state index contributed by atoms with van der Waals surface area (Å²) < 4.78 is 13.2. The lowest BCUT2D eigenvalue weighted by molar-refractivity contribution is -0.121. The first kappa shape index (κ1) is 18.5. The molecule has 1 atom stereocenters. The molecule has 1 aliphatic rings. The number of hydrogen-bond donors (Lipinski definition) is 2. The molecule has 1 aliphatic heterocycles. The van der Waals surface area contributed by atoms with E-state index in [1.807, 2.05) is 6.92 Å². The van der Waals surface area contributed by atoms with E-state index in [4.69, 9.17) is 0 Å². The van der Waals surface area contributed by atoms with Gasteiger partial charge in [-0.25, -0.2) is 4.39 Å². The standard InChI is InChI=1S/C21H19FN2O3/c1-12-3-4-15(13(2)25)9-19(12)24-21(27)18-11-23-20(26)10-17(18)14-5-7-16(22)8-6-14/h3-9,11,17H,10H2,1-2H3,(H,23,26)(H,24,27). The summed E-state index contributed by atoms with van der Waals surface area (Å²) in [5.74, 6) is -1.55. The zero-order chi connectivity index (χ0) is 19.6. The van der Waals surface area contributed by atoms with Crippen LogP contribution in [0.15, 0.2) is 54.2 Å². The van der Waals surface area contributed by atoms with Crippen LogP contribution in [0.2, 0.25) is 0 Å². The third-order valence-electron chi connectivity index (χ3n) is 4.58. The number of aryl methyl sites for hydroxylation is 1. The molecule has 0 spiro atoms. The Morgan fingerprint density at radius 1 is 1.15 bits per heavy atom. The fraction of sp³-hybridized carbons (Fsp3) is 0.190. The predicted octanol–water partition coefficient (Wildman–Crippen LogP) is 3.46. The van der Waals surface area contributed by atoms with Gasteiger partial charge in [0, 0.05) is 35.4 Å². The zero-order valence-corrected chi connectivity index (χ0v) is 15.0. The van der Waals surface area contributed by atoms with Crippen molar-refractivity contribution in [3.63, 3.8) is 0 Å². The number of carbonyl (C=O) groups is 3. The first-order valence-electron chi connectivity index (χ1n) is 8.53. The molecule has 2 N–H and O–H groups in total. The molecule has 0 saturated heterocycles. The van der Waals surface area contributed by atoms with E-state index in [0.717, 1.165) is 5.56 Å². The van der Waals surface area contributed by atoms with Gasteiger partial charge in [-0.2, -0.15) is 0 Å². The Kier molecular flexibility index (Phi) is 5.16. The molecule has 27 heavy (non-hydrogen) atoms. The second-order valence-electron chi connectivity index (χ2n) is 6.52. The molecule has 2 amide bonds. The normalized spacial score (nSPS) is 16.3. The van der Waals surface area contributed by atoms with Gasteiger partial charge in [0.15, 0.2) is 5.78 Å². The Balaban J connectivity index is 1.90. The lowest BCUT2D eigenvalue weighted by atomic mass is 9.86. The molecule has 0 aromatic heterocycles. The summed E-state index contributed by atoms with van der Waals surface area (Å²) in [6, 6.07) is 10.8. The maximum atomic E-state index is 13.2. The number of carbonyl (C=O) groups excluding carboxylic acids is 3. The van der Waals surface area contributed by atoms with Gasteiger partial charge in [0.1, 0.15) is 5.82 Å². The van der Waals surface area contributed by atoms with E-state index in [1.54, 1.807) is 30.3 Å². The van der Waals surface area contributed by atoms with Crippen molar-refractivity contribution >= 4 is 23.3 Å². The maximum absolute atomic E-state index is 13.2. The van der Waals surface area contributed by atoms with E-state index in [9.17, 15) is 18.8 Å². The van der Waals surface area contributed by atoms with Crippen LogP contribution in [-0.2, 0) is 9.59 Å². The van der Waals surface area contributed by atoms with E-state index in [2.05, 4.69) is 10.6 Å². The molecule has 0 radical (unpaired) electrons. The van der Waals surface area contributed by atoms with Gasteiger partial charge < -0.3 is 10.6 Å². The lowest BCUT2D eigenvalue weighted by Crippen LogP contribution is -2.32. The van der Waals surface area contributed by atoms with Crippen LogP contribution in [0.25, 0.3) is 0 Å². The van der Waals surface area contributed by atoms with Crippen molar-refractivity contribution in [1.29, 1.82) is 0 Å². The number of ketones is 1. The first-order chi connectivity index (χ1) is 12.8. The highest BCUT2D eigenvalue weighted by Gasteiger charge is 2.29. The van der Waals surface area contributed by atoms with Crippen LogP contribution in [0.4, 0.5) is 10.1 Å². The highest BCUT2D eigenvalue weighted by molar-refractivity contribution is 6.07. The maximum Gasteiger partial charge on any atom is 0.253 e.